The third kappa shape index (κ3) is 4.42. The van der Waals surface area contributed by atoms with Gasteiger partial charge in [0.1, 0.15) is 0 Å². The van der Waals surface area contributed by atoms with E-state index in [1.165, 1.54) is 10.4 Å². The molecule has 0 aromatic carbocycles. The fraction of sp³-hybridized carbons (Fsp3) is 0.462. The van der Waals surface area contributed by atoms with Crippen molar-refractivity contribution in [1.82, 2.24) is 15.1 Å². The molecule has 2 rings (SSSR count). The lowest BCUT2D eigenvalue weighted by Gasteiger charge is -2.02. The number of nitrogens with zero attached hydrogens (tertiary/aromatic N) is 2. The second kappa shape index (κ2) is 7.19. The SMILES string of the molecule is COCCNCc1cn(Cc2cc(Br)cs2)nc1C. The van der Waals surface area contributed by atoms with Gasteiger partial charge in [0.05, 0.1) is 18.8 Å². The molecule has 0 spiro atoms. The Kier molecular flexibility index (Phi) is 5.57. The molecule has 104 valence electrons. The number of hydrogen-bond acceptors (Lipinski definition) is 4. The molecule has 4 nitrogen and oxygen atoms in total. The van der Waals surface area contributed by atoms with Crippen molar-refractivity contribution in [3.63, 3.8) is 0 Å². The maximum Gasteiger partial charge on any atom is 0.0752 e. The number of aromatic nitrogens is 2. The van der Waals surface area contributed by atoms with E-state index in [1.54, 1.807) is 18.4 Å². The fourth-order valence-corrected chi connectivity index (χ4v) is 3.25. The second-order valence-electron chi connectivity index (χ2n) is 4.34. The lowest BCUT2D eigenvalue weighted by atomic mass is 10.2. The van der Waals surface area contributed by atoms with Crippen LogP contribution in [0.15, 0.2) is 22.1 Å². The van der Waals surface area contributed by atoms with Gasteiger partial charge in [-0.05, 0) is 28.9 Å². The van der Waals surface area contributed by atoms with E-state index in [4.69, 9.17) is 4.74 Å². The molecule has 1 N–H and O–H groups in total. The van der Waals surface area contributed by atoms with Gasteiger partial charge in [-0.25, -0.2) is 0 Å². The molecule has 0 aliphatic heterocycles. The van der Waals surface area contributed by atoms with Crippen LogP contribution in [0.3, 0.4) is 0 Å². The van der Waals surface area contributed by atoms with Crippen LogP contribution in [0.2, 0.25) is 0 Å². The smallest absolute Gasteiger partial charge is 0.0752 e. The van der Waals surface area contributed by atoms with Gasteiger partial charge in [-0.15, -0.1) is 11.3 Å². The van der Waals surface area contributed by atoms with E-state index < -0.39 is 0 Å². The first kappa shape index (κ1) is 14.7. The second-order valence-corrected chi connectivity index (χ2v) is 6.25. The lowest BCUT2D eigenvalue weighted by molar-refractivity contribution is 0.199. The number of halogens is 1. The van der Waals surface area contributed by atoms with E-state index in [0.29, 0.717) is 0 Å². The monoisotopic (exact) mass is 343 g/mol. The zero-order chi connectivity index (χ0) is 13.7. The first-order valence-electron chi connectivity index (χ1n) is 6.14. The quantitative estimate of drug-likeness (QED) is 0.785. The van der Waals surface area contributed by atoms with Crippen molar-refractivity contribution in [3.05, 3.63) is 38.3 Å². The van der Waals surface area contributed by atoms with Gasteiger partial charge in [-0.1, -0.05) is 0 Å². The van der Waals surface area contributed by atoms with Crippen LogP contribution in [0.1, 0.15) is 16.1 Å². The van der Waals surface area contributed by atoms with Gasteiger partial charge < -0.3 is 10.1 Å². The van der Waals surface area contributed by atoms with Crippen molar-refractivity contribution in [3.8, 4) is 0 Å². The van der Waals surface area contributed by atoms with E-state index in [9.17, 15) is 0 Å². The molecule has 0 aliphatic rings. The van der Waals surface area contributed by atoms with Crippen molar-refractivity contribution >= 4 is 27.3 Å². The maximum absolute atomic E-state index is 5.01. The van der Waals surface area contributed by atoms with Gasteiger partial charge in [0.15, 0.2) is 0 Å². The molecule has 2 aromatic heterocycles. The summed E-state index contributed by atoms with van der Waals surface area (Å²) in [6, 6.07) is 2.14. The van der Waals surface area contributed by atoms with Gasteiger partial charge in [-0.2, -0.15) is 5.10 Å². The molecular formula is C13H18BrN3OS. The lowest BCUT2D eigenvalue weighted by Crippen LogP contribution is -2.18. The van der Waals surface area contributed by atoms with Crippen LogP contribution < -0.4 is 5.32 Å². The average molecular weight is 344 g/mol. The summed E-state index contributed by atoms with van der Waals surface area (Å²) >= 11 is 5.22. The van der Waals surface area contributed by atoms with Crippen LogP contribution in [0.4, 0.5) is 0 Å². The van der Waals surface area contributed by atoms with Crippen LogP contribution >= 0.6 is 27.3 Å². The predicted octanol–water partition coefficient (Wildman–Crippen LogP) is 2.80. The van der Waals surface area contributed by atoms with Crippen molar-refractivity contribution in [2.75, 3.05) is 20.3 Å². The Balaban J connectivity index is 1.92. The topological polar surface area (TPSA) is 39.1 Å². The molecule has 0 bridgehead atoms. The van der Waals surface area contributed by atoms with E-state index in [0.717, 1.165) is 36.4 Å². The Bertz CT molecular complexity index is 524. The van der Waals surface area contributed by atoms with Crippen LogP contribution in [-0.4, -0.2) is 30.0 Å². The molecule has 0 atom stereocenters. The van der Waals surface area contributed by atoms with Crippen LogP contribution in [-0.2, 0) is 17.8 Å². The average Bonchev–Trinajstić information content (AvgIpc) is 2.92. The third-order valence-electron chi connectivity index (χ3n) is 2.79. The van der Waals surface area contributed by atoms with Crippen LogP contribution in [0, 0.1) is 6.92 Å². The number of rotatable bonds is 7. The molecule has 2 heterocycles. The molecule has 0 saturated carbocycles. The number of nitrogens with one attached hydrogen (secondary N) is 1. The molecule has 0 amide bonds. The molecular weight excluding hydrogens is 326 g/mol. The Labute approximate surface area is 125 Å². The fourth-order valence-electron chi connectivity index (χ4n) is 1.81. The summed E-state index contributed by atoms with van der Waals surface area (Å²) in [4.78, 5) is 1.30. The van der Waals surface area contributed by atoms with E-state index in [-0.39, 0.29) is 0 Å². The number of methoxy groups -OCH3 is 1. The van der Waals surface area contributed by atoms with Crippen molar-refractivity contribution in [1.29, 1.82) is 0 Å². The molecule has 0 fully saturated rings. The molecule has 0 aliphatic carbocycles. The van der Waals surface area contributed by atoms with Crippen molar-refractivity contribution in [2.45, 2.75) is 20.0 Å². The maximum atomic E-state index is 5.01. The summed E-state index contributed by atoms with van der Waals surface area (Å²) in [5.74, 6) is 0. The van der Waals surface area contributed by atoms with E-state index in [1.807, 2.05) is 11.6 Å². The highest BCUT2D eigenvalue weighted by Gasteiger charge is 2.06. The summed E-state index contributed by atoms with van der Waals surface area (Å²) in [5, 5.41) is 9.99. The Morgan fingerprint density at radius 2 is 2.37 bits per heavy atom. The highest BCUT2D eigenvalue weighted by Crippen LogP contribution is 2.20. The normalized spacial score (nSPS) is 11.1. The van der Waals surface area contributed by atoms with Gasteiger partial charge in [-0.3, -0.25) is 4.68 Å². The zero-order valence-electron chi connectivity index (χ0n) is 11.1. The summed E-state index contributed by atoms with van der Waals surface area (Å²) in [6.07, 6.45) is 2.11. The van der Waals surface area contributed by atoms with Gasteiger partial charge in [0.2, 0.25) is 0 Å². The summed E-state index contributed by atoms with van der Waals surface area (Å²) in [6.45, 7) is 5.31. The van der Waals surface area contributed by atoms with Crippen LogP contribution in [0.5, 0.6) is 0 Å². The largest absolute Gasteiger partial charge is 0.383 e. The van der Waals surface area contributed by atoms with Crippen LogP contribution in [0.25, 0.3) is 0 Å². The number of ether oxygens (including phenoxy) is 1. The minimum absolute atomic E-state index is 0.733. The highest BCUT2D eigenvalue weighted by atomic mass is 79.9. The van der Waals surface area contributed by atoms with Gasteiger partial charge in [0, 0.05) is 46.7 Å². The summed E-state index contributed by atoms with van der Waals surface area (Å²) in [7, 11) is 1.71. The summed E-state index contributed by atoms with van der Waals surface area (Å²) < 4.78 is 8.15. The Morgan fingerprint density at radius 1 is 1.53 bits per heavy atom. The molecule has 0 unspecified atom stereocenters. The predicted molar refractivity (Wildman–Crippen MR) is 81.7 cm³/mol. The Hall–Kier alpha value is -0.690. The van der Waals surface area contributed by atoms with Gasteiger partial charge >= 0.3 is 0 Å². The summed E-state index contributed by atoms with van der Waals surface area (Å²) in [5.41, 5.74) is 2.33. The standard InChI is InChI=1S/C13H18BrN3OS/c1-10-11(6-15-3-4-18-2)7-17(16-10)8-13-5-12(14)9-19-13/h5,7,9,15H,3-4,6,8H2,1-2H3. The van der Waals surface area contributed by atoms with Crippen molar-refractivity contribution in [2.24, 2.45) is 0 Å². The minimum atomic E-state index is 0.733. The third-order valence-corrected chi connectivity index (χ3v) is 4.47. The molecule has 6 heteroatoms. The van der Waals surface area contributed by atoms with Crippen molar-refractivity contribution < 1.29 is 4.74 Å². The number of aryl methyl sites for hydroxylation is 1. The zero-order valence-corrected chi connectivity index (χ0v) is 13.6. The highest BCUT2D eigenvalue weighted by molar-refractivity contribution is 9.10. The molecule has 19 heavy (non-hydrogen) atoms. The first-order valence-corrected chi connectivity index (χ1v) is 7.82. The molecule has 2 aromatic rings. The molecule has 0 saturated heterocycles. The number of thiophene rings is 1. The minimum Gasteiger partial charge on any atom is -0.383 e. The van der Waals surface area contributed by atoms with E-state index >= 15 is 0 Å². The molecule has 0 radical (unpaired) electrons. The first-order chi connectivity index (χ1) is 9.19. The van der Waals surface area contributed by atoms with E-state index in [2.05, 4.69) is 44.0 Å². The number of hydrogen-bond donors (Lipinski definition) is 1. The Morgan fingerprint density at radius 3 is 3.05 bits per heavy atom. The van der Waals surface area contributed by atoms with Gasteiger partial charge in [0.25, 0.3) is 0 Å².